The molecule has 2 saturated heterocycles. The lowest BCUT2D eigenvalue weighted by Crippen LogP contribution is -2.73. The van der Waals surface area contributed by atoms with E-state index in [1.165, 1.54) is 0 Å². The van der Waals surface area contributed by atoms with Gasteiger partial charge in [0.25, 0.3) is 0 Å². The summed E-state index contributed by atoms with van der Waals surface area (Å²) in [4.78, 5) is 30.8. The Kier molecular flexibility index (Phi) is 7.40. The zero-order valence-electron chi connectivity index (χ0n) is 23.4. The van der Waals surface area contributed by atoms with E-state index in [2.05, 4.69) is 46.0 Å². The van der Waals surface area contributed by atoms with Gasteiger partial charge in [0.05, 0.1) is 18.2 Å². The third-order valence-corrected chi connectivity index (χ3v) is 12.9. The normalized spacial score (nSPS) is 22.4. The van der Waals surface area contributed by atoms with Crippen molar-refractivity contribution in [2.45, 2.75) is 69.7 Å². The van der Waals surface area contributed by atoms with E-state index in [-0.39, 0.29) is 29.6 Å². The molecule has 0 unspecified atom stereocenters. The Morgan fingerprint density at radius 1 is 0.897 bits per heavy atom. The average molecular weight is 543 g/mol. The van der Waals surface area contributed by atoms with Gasteiger partial charge in [0, 0.05) is 6.54 Å². The number of ether oxygens (including phenoxy) is 1. The van der Waals surface area contributed by atoms with E-state index in [1.807, 2.05) is 83.8 Å². The molecule has 2 heterocycles. The summed E-state index contributed by atoms with van der Waals surface area (Å²) in [5.74, 6) is -0.0802. The maximum atomic E-state index is 14.0. The predicted octanol–water partition coefficient (Wildman–Crippen LogP) is 6.72. The van der Waals surface area contributed by atoms with Crippen LogP contribution in [0.2, 0.25) is 18.1 Å². The largest absolute Gasteiger partial charge is 0.447 e. The highest BCUT2D eigenvalue weighted by molar-refractivity contribution is 6.74. The van der Waals surface area contributed by atoms with Crippen LogP contribution < -0.4 is 0 Å². The zero-order chi connectivity index (χ0) is 27.8. The van der Waals surface area contributed by atoms with E-state index < -0.39 is 26.6 Å². The molecule has 0 N–H and O–H groups in total. The summed E-state index contributed by atoms with van der Waals surface area (Å²) >= 11 is 0. The monoisotopic (exact) mass is 542 g/mol. The molecular formula is C32H38N2O4Si. The van der Waals surface area contributed by atoms with Crippen molar-refractivity contribution in [3.63, 3.8) is 0 Å². The molecule has 6 nitrogen and oxygen atoms in total. The summed E-state index contributed by atoms with van der Waals surface area (Å²) in [6.45, 7) is 11.8. The molecule has 0 radical (unpaired) electrons. The molecule has 4 atom stereocenters. The molecule has 3 aromatic rings. The summed E-state index contributed by atoms with van der Waals surface area (Å²) in [6, 6.07) is 28.5. The fraction of sp³-hybridized carbons (Fsp3) is 0.375. The number of rotatable bonds is 8. The van der Waals surface area contributed by atoms with Crippen molar-refractivity contribution in [2.24, 2.45) is 0 Å². The number of amides is 2. The molecule has 204 valence electrons. The van der Waals surface area contributed by atoms with E-state index in [4.69, 9.17) is 9.16 Å². The Hall–Kier alpha value is -3.42. The molecule has 0 aromatic heterocycles. The lowest BCUT2D eigenvalue weighted by atomic mass is 9.84. The Bertz CT molecular complexity index is 1290. The van der Waals surface area contributed by atoms with Gasteiger partial charge in [0.2, 0.25) is 5.91 Å². The van der Waals surface area contributed by atoms with Gasteiger partial charge in [-0.3, -0.25) is 9.69 Å². The van der Waals surface area contributed by atoms with Crippen molar-refractivity contribution in [3.8, 4) is 0 Å². The van der Waals surface area contributed by atoms with Gasteiger partial charge in [-0.05, 0) is 34.8 Å². The number of hydrogen-bond acceptors (Lipinski definition) is 4. The number of carbonyl (C=O) groups is 2. The number of β-lactam (4-membered cyclic amide) rings is 1. The van der Waals surface area contributed by atoms with Crippen LogP contribution in [0.1, 0.15) is 49.6 Å². The van der Waals surface area contributed by atoms with Crippen LogP contribution >= 0.6 is 0 Å². The van der Waals surface area contributed by atoms with Gasteiger partial charge in [-0.1, -0.05) is 112 Å². The van der Waals surface area contributed by atoms with Crippen LogP contribution in [0.3, 0.4) is 0 Å². The predicted molar refractivity (Wildman–Crippen MR) is 154 cm³/mol. The molecule has 0 bridgehead atoms. The zero-order valence-corrected chi connectivity index (χ0v) is 24.4. The lowest BCUT2D eigenvalue weighted by Gasteiger charge is -2.55. The topological polar surface area (TPSA) is 59.1 Å². The standard InChI is InChI=1S/C32H38N2O4Si/c1-32(2,3)39(4,5)38-29(25-19-13-8-14-20-25)27-28(30(35)33(27)21-23-15-9-6-10-16-23)34-26(22-37-31(34)36)24-17-11-7-12-18-24/h6-20,26-29H,21-22H2,1-5H3/t26-,27-,28-,29-/m1/s1. The molecule has 2 fully saturated rings. The van der Waals surface area contributed by atoms with Gasteiger partial charge >= 0.3 is 6.09 Å². The van der Waals surface area contributed by atoms with Gasteiger partial charge < -0.3 is 14.1 Å². The van der Waals surface area contributed by atoms with Crippen LogP contribution in [-0.2, 0) is 20.5 Å². The second kappa shape index (κ2) is 10.6. The fourth-order valence-electron chi connectivity index (χ4n) is 5.27. The third kappa shape index (κ3) is 5.25. The second-order valence-electron chi connectivity index (χ2n) is 12.0. The Labute approximate surface area is 232 Å². The molecule has 5 rings (SSSR count). The Morgan fingerprint density at radius 2 is 1.46 bits per heavy atom. The Morgan fingerprint density at radius 3 is 2.05 bits per heavy atom. The van der Waals surface area contributed by atoms with E-state index in [0.717, 1.165) is 16.7 Å². The van der Waals surface area contributed by atoms with E-state index in [9.17, 15) is 9.59 Å². The minimum absolute atomic E-state index is 0.0350. The summed E-state index contributed by atoms with van der Waals surface area (Å²) in [5.41, 5.74) is 3.00. The number of cyclic esters (lactones) is 1. The maximum absolute atomic E-state index is 14.0. The molecule has 2 aliphatic rings. The van der Waals surface area contributed by atoms with Crippen LogP contribution in [0.15, 0.2) is 91.0 Å². The van der Waals surface area contributed by atoms with Gasteiger partial charge in [-0.15, -0.1) is 0 Å². The number of hydrogen-bond donors (Lipinski definition) is 0. The van der Waals surface area contributed by atoms with Gasteiger partial charge in [-0.2, -0.15) is 0 Å². The van der Waals surface area contributed by atoms with Gasteiger partial charge in [0.1, 0.15) is 12.6 Å². The SMILES string of the molecule is CC(C)(C)[Si](C)(C)O[C@H](c1ccccc1)[C@H]1[C@@H](N2C(=O)OC[C@@H]2c2ccccc2)C(=O)N1Cc1ccccc1. The average Bonchev–Trinajstić information content (AvgIpc) is 3.30. The molecular weight excluding hydrogens is 504 g/mol. The van der Waals surface area contributed by atoms with Crippen molar-refractivity contribution >= 4 is 20.3 Å². The van der Waals surface area contributed by atoms with Crippen LogP contribution in [0.5, 0.6) is 0 Å². The van der Waals surface area contributed by atoms with Crippen LogP contribution in [0, 0.1) is 0 Å². The van der Waals surface area contributed by atoms with Crippen molar-refractivity contribution in [1.29, 1.82) is 0 Å². The third-order valence-electron chi connectivity index (χ3n) is 8.48. The quantitative estimate of drug-likeness (QED) is 0.234. The van der Waals surface area contributed by atoms with Crippen molar-refractivity contribution in [3.05, 3.63) is 108 Å². The first-order chi connectivity index (χ1) is 18.6. The highest BCUT2D eigenvalue weighted by Gasteiger charge is 2.60. The fourth-order valence-corrected chi connectivity index (χ4v) is 6.53. The number of likely N-dealkylation sites (tertiary alicyclic amines) is 1. The number of nitrogens with zero attached hydrogens (tertiary/aromatic N) is 2. The minimum Gasteiger partial charge on any atom is -0.447 e. The molecule has 7 heteroatoms. The summed E-state index contributed by atoms with van der Waals surface area (Å²) < 4.78 is 12.7. The number of carbonyl (C=O) groups excluding carboxylic acids is 2. The number of benzene rings is 3. The Balaban J connectivity index is 1.59. The molecule has 0 aliphatic carbocycles. The summed E-state index contributed by atoms with van der Waals surface area (Å²) in [5, 5.41) is -0.0350. The van der Waals surface area contributed by atoms with E-state index in [1.54, 1.807) is 4.90 Å². The second-order valence-corrected chi connectivity index (χ2v) is 16.8. The molecule has 0 spiro atoms. The summed E-state index contributed by atoms with van der Waals surface area (Å²) in [7, 11) is -2.28. The van der Waals surface area contributed by atoms with Crippen molar-refractivity contribution in [2.75, 3.05) is 6.61 Å². The van der Waals surface area contributed by atoms with Gasteiger partial charge in [0.15, 0.2) is 8.32 Å². The van der Waals surface area contributed by atoms with Crippen molar-refractivity contribution < 1.29 is 18.8 Å². The first-order valence-electron chi connectivity index (χ1n) is 13.7. The highest BCUT2D eigenvalue weighted by Crippen LogP contribution is 2.47. The van der Waals surface area contributed by atoms with E-state index in [0.29, 0.717) is 6.54 Å². The van der Waals surface area contributed by atoms with Crippen LogP contribution in [-0.4, -0.2) is 48.8 Å². The summed E-state index contributed by atoms with van der Waals surface area (Å²) in [6.07, 6.45) is -0.853. The smallest absolute Gasteiger partial charge is 0.411 e. The molecule has 2 amide bonds. The van der Waals surface area contributed by atoms with Crippen LogP contribution in [0.4, 0.5) is 4.79 Å². The highest BCUT2D eigenvalue weighted by atomic mass is 28.4. The molecule has 39 heavy (non-hydrogen) atoms. The van der Waals surface area contributed by atoms with Crippen LogP contribution in [0.25, 0.3) is 0 Å². The van der Waals surface area contributed by atoms with E-state index >= 15 is 0 Å². The minimum atomic E-state index is -2.28. The molecule has 2 aliphatic heterocycles. The first kappa shape index (κ1) is 27.2. The first-order valence-corrected chi connectivity index (χ1v) is 16.6. The van der Waals surface area contributed by atoms with Gasteiger partial charge in [-0.25, -0.2) is 4.79 Å². The maximum Gasteiger partial charge on any atom is 0.411 e. The molecule has 0 saturated carbocycles. The lowest BCUT2D eigenvalue weighted by molar-refractivity contribution is -0.167. The van der Waals surface area contributed by atoms with Crippen molar-refractivity contribution in [1.82, 2.24) is 9.80 Å². The molecule has 3 aromatic carbocycles.